The summed E-state index contributed by atoms with van der Waals surface area (Å²) >= 11 is 0. The van der Waals surface area contributed by atoms with Gasteiger partial charge < -0.3 is 4.74 Å². The topological polar surface area (TPSA) is 26.3 Å². The van der Waals surface area contributed by atoms with Crippen molar-refractivity contribution in [1.29, 1.82) is 0 Å². The predicted octanol–water partition coefficient (Wildman–Crippen LogP) is 0.525. The molecule has 1 aliphatic carbocycles. The predicted molar refractivity (Wildman–Crippen MR) is 24.5 cm³/mol. The zero-order valence-corrected chi connectivity index (χ0v) is 7.90. The van der Waals surface area contributed by atoms with E-state index in [0.29, 0.717) is 0 Å². The Labute approximate surface area is 61.4 Å². The van der Waals surface area contributed by atoms with E-state index < -0.39 is 0 Å². The molecule has 1 fully saturated rings. The Hall–Kier alpha value is -0.0366. The maximum atomic E-state index is 10.3. The molecule has 0 spiro atoms. The van der Waals surface area contributed by atoms with E-state index in [0.717, 1.165) is 18.8 Å². The summed E-state index contributed by atoms with van der Waals surface area (Å²) in [5.41, 5.74) is 0. The minimum Gasteiger partial charge on any atom is -0.491 e. The van der Waals surface area contributed by atoms with E-state index in [2.05, 4.69) is 4.74 Å². The fourth-order valence-corrected chi connectivity index (χ4v) is 0.411. The van der Waals surface area contributed by atoms with Crippen LogP contribution in [0.4, 0.5) is 0 Å². The van der Waals surface area contributed by atoms with Crippen LogP contribution in [0.15, 0.2) is 0 Å². The monoisotopic (exact) mass is 163 g/mol. The molecule has 0 amide bonds. The first kappa shape index (κ1) is 7.96. The molecule has 0 aliphatic heterocycles. The minimum atomic E-state index is -0.125. The summed E-state index contributed by atoms with van der Waals surface area (Å²) in [7, 11) is 1.41. The van der Waals surface area contributed by atoms with Crippen molar-refractivity contribution in [3.63, 3.8) is 0 Å². The average Bonchev–Trinajstić information content (AvgIpc) is 2.44. The summed E-state index contributed by atoms with van der Waals surface area (Å²) in [6, 6.07) is 0. The first-order valence-corrected chi connectivity index (χ1v) is 2.27. The van der Waals surface area contributed by atoms with Gasteiger partial charge in [-0.25, -0.2) is 0 Å². The number of hydrogen-bond donors (Lipinski definition) is 0. The number of ether oxygens (including phenoxy) is 1. The zero-order valence-electron chi connectivity index (χ0n) is 4.94. The van der Waals surface area contributed by atoms with Crippen LogP contribution in [-0.2, 0) is 29.0 Å². The molecule has 1 aliphatic rings. The maximum Gasteiger partial charge on any atom is 0.169 e. The molecule has 42 valence electrons. The second kappa shape index (κ2) is 3.08. The average molecular weight is 164 g/mol. The standard InChI is InChI=1S/C5H7O2.Zn/c1-7-5(6)4-2-3-4;/h2-3H2,1H3;/q-1;. The van der Waals surface area contributed by atoms with Gasteiger partial charge in [-0.3, -0.25) is 10.7 Å². The molecule has 8 heavy (non-hydrogen) atoms. The third kappa shape index (κ3) is 1.83. The quantitative estimate of drug-likeness (QED) is 0.321. The molecule has 0 radical (unpaired) electrons. The SMILES string of the molecule is COC(=O)[C-]1CC1.[Zn]. The van der Waals surface area contributed by atoms with Crippen LogP contribution in [0.5, 0.6) is 0 Å². The minimum absolute atomic E-state index is 0. The number of carbonyl (C=O) groups excluding carboxylic acids is 1. The van der Waals surface area contributed by atoms with E-state index in [1.54, 1.807) is 0 Å². The van der Waals surface area contributed by atoms with E-state index >= 15 is 0 Å². The summed E-state index contributed by atoms with van der Waals surface area (Å²) in [5.74, 6) is 0.808. The molecule has 3 heteroatoms. The molecule has 0 atom stereocenters. The van der Waals surface area contributed by atoms with Gasteiger partial charge in [0.1, 0.15) is 0 Å². The van der Waals surface area contributed by atoms with Gasteiger partial charge in [0.15, 0.2) is 5.97 Å². The fourth-order valence-electron chi connectivity index (χ4n) is 0.411. The van der Waals surface area contributed by atoms with Crippen molar-refractivity contribution in [3.05, 3.63) is 5.92 Å². The Morgan fingerprint density at radius 3 is 2.25 bits per heavy atom. The molecule has 0 heterocycles. The first-order chi connectivity index (χ1) is 3.34. The normalized spacial score (nSPS) is 14.4. The molecule has 0 unspecified atom stereocenters. The van der Waals surface area contributed by atoms with Gasteiger partial charge in [0.2, 0.25) is 0 Å². The molecule has 0 N–H and O–H groups in total. The van der Waals surface area contributed by atoms with Crippen molar-refractivity contribution < 1.29 is 29.0 Å². The molecular formula is C5H7O2Zn-. The van der Waals surface area contributed by atoms with Crippen LogP contribution >= 0.6 is 0 Å². The van der Waals surface area contributed by atoms with Crippen molar-refractivity contribution >= 4 is 5.97 Å². The molecule has 1 saturated carbocycles. The van der Waals surface area contributed by atoms with E-state index in [4.69, 9.17) is 0 Å². The molecule has 0 saturated heterocycles. The van der Waals surface area contributed by atoms with Crippen LogP contribution in [0.25, 0.3) is 0 Å². The Morgan fingerprint density at radius 1 is 1.62 bits per heavy atom. The third-order valence-corrected chi connectivity index (χ3v) is 0.974. The second-order valence-electron chi connectivity index (χ2n) is 1.60. The fraction of sp³-hybridized carbons (Fsp3) is 0.600. The second-order valence-corrected chi connectivity index (χ2v) is 1.60. The van der Waals surface area contributed by atoms with Crippen molar-refractivity contribution in [1.82, 2.24) is 0 Å². The largest absolute Gasteiger partial charge is 0.491 e. The molecule has 0 aromatic heterocycles. The van der Waals surface area contributed by atoms with Gasteiger partial charge in [-0.1, -0.05) is 0 Å². The molecule has 0 aromatic carbocycles. The number of methoxy groups -OCH3 is 1. The van der Waals surface area contributed by atoms with Gasteiger partial charge in [0, 0.05) is 19.5 Å². The summed E-state index contributed by atoms with van der Waals surface area (Å²) in [6.07, 6.45) is 1.90. The van der Waals surface area contributed by atoms with E-state index in [1.807, 2.05) is 0 Å². The van der Waals surface area contributed by atoms with E-state index in [1.165, 1.54) is 7.11 Å². The van der Waals surface area contributed by atoms with Crippen LogP contribution in [0.2, 0.25) is 0 Å². The molecular weight excluding hydrogens is 157 g/mol. The number of carbonyl (C=O) groups is 1. The Balaban J connectivity index is 0.000000490. The molecule has 2 nitrogen and oxygen atoms in total. The number of rotatable bonds is 1. The van der Waals surface area contributed by atoms with Crippen LogP contribution in [0, 0.1) is 5.92 Å². The molecule has 0 aromatic rings. The third-order valence-electron chi connectivity index (χ3n) is 0.974. The smallest absolute Gasteiger partial charge is 0.169 e. The van der Waals surface area contributed by atoms with Crippen molar-refractivity contribution in [2.75, 3.05) is 7.11 Å². The van der Waals surface area contributed by atoms with Gasteiger partial charge in [-0.15, -0.1) is 0 Å². The molecule has 0 bridgehead atoms. The number of hydrogen-bond acceptors (Lipinski definition) is 2. The van der Waals surface area contributed by atoms with Gasteiger partial charge in [0.05, 0.1) is 7.11 Å². The van der Waals surface area contributed by atoms with Crippen molar-refractivity contribution in [2.24, 2.45) is 0 Å². The summed E-state index contributed by atoms with van der Waals surface area (Å²) in [5, 5.41) is 0. The van der Waals surface area contributed by atoms with Crippen LogP contribution < -0.4 is 0 Å². The zero-order chi connectivity index (χ0) is 5.28. The van der Waals surface area contributed by atoms with E-state index in [-0.39, 0.29) is 25.4 Å². The Bertz CT molecular complexity index is 88.4. The first-order valence-electron chi connectivity index (χ1n) is 2.27. The number of esters is 1. The van der Waals surface area contributed by atoms with E-state index in [9.17, 15) is 4.79 Å². The van der Waals surface area contributed by atoms with Crippen LogP contribution in [-0.4, -0.2) is 13.1 Å². The summed E-state index contributed by atoms with van der Waals surface area (Å²) in [4.78, 5) is 10.3. The summed E-state index contributed by atoms with van der Waals surface area (Å²) in [6.45, 7) is 0. The summed E-state index contributed by atoms with van der Waals surface area (Å²) < 4.78 is 4.40. The van der Waals surface area contributed by atoms with Gasteiger partial charge in [-0.05, 0) is 0 Å². The van der Waals surface area contributed by atoms with Gasteiger partial charge in [0.25, 0.3) is 0 Å². The van der Waals surface area contributed by atoms with Crippen LogP contribution in [0.1, 0.15) is 12.8 Å². The van der Waals surface area contributed by atoms with Crippen molar-refractivity contribution in [2.45, 2.75) is 12.8 Å². The van der Waals surface area contributed by atoms with Crippen LogP contribution in [0.3, 0.4) is 0 Å². The van der Waals surface area contributed by atoms with Crippen molar-refractivity contribution in [3.8, 4) is 0 Å². The Kier molecular flexibility index (Phi) is 3.07. The molecule has 1 rings (SSSR count). The van der Waals surface area contributed by atoms with Gasteiger partial charge >= 0.3 is 0 Å². The maximum absolute atomic E-state index is 10.3. The van der Waals surface area contributed by atoms with Gasteiger partial charge in [-0.2, -0.15) is 12.8 Å². The Morgan fingerprint density at radius 2 is 2.12 bits per heavy atom.